The van der Waals surface area contributed by atoms with Crippen molar-refractivity contribution < 1.29 is 14.3 Å². The number of hydrogen-bond acceptors (Lipinski definition) is 5. The lowest BCUT2D eigenvalue weighted by Crippen LogP contribution is -2.41. The molecule has 0 aliphatic carbocycles. The number of fused-ring (bicyclic) bond motifs is 1. The molecule has 2 aliphatic rings. The number of benzene rings is 1. The van der Waals surface area contributed by atoms with Gasteiger partial charge in [0, 0.05) is 54.8 Å². The van der Waals surface area contributed by atoms with Crippen LogP contribution in [0.5, 0.6) is 11.5 Å². The van der Waals surface area contributed by atoms with E-state index < -0.39 is 0 Å². The van der Waals surface area contributed by atoms with E-state index in [1.165, 1.54) is 0 Å². The molecule has 0 radical (unpaired) electrons. The lowest BCUT2D eigenvalue weighted by molar-refractivity contribution is -0.128. The Hall–Kier alpha value is -3.61. The van der Waals surface area contributed by atoms with Gasteiger partial charge in [-0.3, -0.25) is 14.5 Å². The first kappa shape index (κ1) is 21.2. The number of carbonyl (C=O) groups excluding carboxylic acids is 1. The fourth-order valence-electron chi connectivity index (χ4n) is 4.65. The Morgan fingerprint density at radius 2 is 2.09 bits per heavy atom. The summed E-state index contributed by atoms with van der Waals surface area (Å²) >= 11 is 0. The standard InChI is InChI=1S/C26H28N4O3/c1-17-9-19(22-13-27-29(2)14-22)12-24(28-17)18-5-4-8-30(15-18)26(31)21-10-20-11-23(32-3)6-7-25(20)33-16-21/h6-7,9-14,18H,4-5,8,15-16H2,1-3H3/t18-/m0/s1. The van der Waals surface area contributed by atoms with Crippen molar-refractivity contribution in [2.45, 2.75) is 25.7 Å². The number of rotatable bonds is 4. The average molecular weight is 445 g/mol. The van der Waals surface area contributed by atoms with Crippen molar-refractivity contribution in [2.75, 3.05) is 26.8 Å². The molecule has 1 saturated heterocycles. The number of likely N-dealkylation sites (tertiary alicyclic amines) is 1. The number of hydrogen-bond donors (Lipinski definition) is 0. The van der Waals surface area contributed by atoms with Gasteiger partial charge in [0.05, 0.1) is 18.9 Å². The van der Waals surface area contributed by atoms with Crippen LogP contribution in [0.4, 0.5) is 0 Å². The molecule has 1 fully saturated rings. The Labute approximate surface area is 193 Å². The van der Waals surface area contributed by atoms with Gasteiger partial charge in [-0.05, 0) is 61.7 Å². The zero-order valence-electron chi connectivity index (χ0n) is 19.2. The van der Waals surface area contributed by atoms with E-state index in [4.69, 9.17) is 14.5 Å². The molecule has 1 atom stereocenters. The van der Waals surface area contributed by atoms with E-state index in [1.54, 1.807) is 11.8 Å². The number of amides is 1. The van der Waals surface area contributed by atoms with E-state index in [1.807, 2.05) is 55.5 Å². The molecule has 5 rings (SSSR count). The summed E-state index contributed by atoms with van der Waals surface area (Å²) in [4.78, 5) is 20.1. The Balaban J connectivity index is 1.36. The van der Waals surface area contributed by atoms with Crippen molar-refractivity contribution in [3.8, 4) is 22.6 Å². The van der Waals surface area contributed by atoms with Gasteiger partial charge in [-0.1, -0.05) is 0 Å². The van der Waals surface area contributed by atoms with Crippen LogP contribution in [0, 0.1) is 6.92 Å². The van der Waals surface area contributed by atoms with Gasteiger partial charge < -0.3 is 14.4 Å². The van der Waals surface area contributed by atoms with Crippen LogP contribution in [-0.4, -0.2) is 52.4 Å². The zero-order valence-corrected chi connectivity index (χ0v) is 19.2. The first-order chi connectivity index (χ1) is 16.0. The molecule has 2 aromatic heterocycles. The lowest BCUT2D eigenvalue weighted by atomic mass is 9.92. The van der Waals surface area contributed by atoms with Gasteiger partial charge in [0.15, 0.2) is 0 Å². The molecule has 7 heteroatoms. The van der Waals surface area contributed by atoms with Gasteiger partial charge >= 0.3 is 0 Å². The van der Waals surface area contributed by atoms with Crippen LogP contribution in [-0.2, 0) is 11.8 Å². The number of methoxy groups -OCH3 is 1. The minimum atomic E-state index is 0.0355. The summed E-state index contributed by atoms with van der Waals surface area (Å²) in [5.74, 6) is 1.76. The van der Waals surface area contributed by atoms with E-state index in [0.29, 0.717) is 12.1 Å². The number of nitrogens with zero attached hydrogens (tertiary/aromatic N) is 4. The first-order valence-electron chi connectivity index (χ1n) is 11.3. The highest BCUT2D eigenvalue weighted by Gasteiger charge is 2.29. The summed E-state index contributed by atoms with van der Waals surface area (Å²) in [5, 5.41) is 4.30. The summed E-state index contributed by atoms with van der Waals surface area (Å²) in [6, 6.07) is 9.88. The second kappa shape index (κ2) is 8.73. The molecule has 2 aliphatic heterocycles. The molecule has 33 heavy (non-hydrogen) atoms. The Kier molecular flexibility index (Phi) is 5.62. The fraction of sp³-hybridized carbons (Fsp3) is 0.346. The molecule has 4 heterocycles. The van der Waals surface area contributed by atoms with Gasteiger partial charge in [0.25, 0.3) is 5.91 Å². The van der Waals surface area contributed by atoms with Gasteiger partial charge in [-0.2, -0.15) is 5.10 Å². The van der Waals surface area contributed by atoms with E-state index in [9.17, 15) is 4.79 Å². The molecule has 0 bridgehead atoms. The summed E-state index contributed by atoms with van der Waals surface area (Å²) in [7, 11) is 3.55. The highest BCUT2D eigenvalue weighted by Crippen LogP contribution is 2.33. The van der Waals surface area contributed by atoms with Crippen LogP contribution in [0.15, 0.2) is 48.3 Å². The largest absolute Gasteiger partial charge is 0.497 e. The molecule has 0 unspecified atom stereocenters. The molecule has 1 amide bonds. The quantitative estimate of drug-likeness (QED) is 0.609. The van der Waals surface area contributed by atoms with E-state index in [0.717, 1.165) is 59.0 Å². The second-order valence-electron chi connectivity index (χ2n) is 8.78. The highest BCUT2D eigenvalue weighted by atomic mass is 16.5. The number of piperidine rings is 1. The number of ether oxygens (including phenoxy) is 2. The van der Waals surface area contributed by atoms with Crippen molar-refractivity contribution in [3.63, 3.8) is 0 Å². The van der Waals surface area contributed by atoms with Gasteiger partial charge in [0.2, 0.25) is 0 Å². The topological polar surface area (TPSA) is 69.5 Å². The van der Waals surface area contributed by atoms with Crippen molar-refractivity contribution in [3.05, 3.63) is 65.2 Å². The van der Waals surface area contributed by atoms with Crippen molar-refractivity contribution in [1.82, 2.24) is 19.7 Å². The molecule has 170 valence electrons. The van der Waals surface area contributed by atoms with E-state index in [2.05, 4.69) is 17.2 Å². The average Bonchev–Trinajstić information content (AvgIpc) is 3.29. The van der Waals surface area contributed by atoms with Crippen LogP contribution < -0.4 is 9.47 Å². The predicted octanol–water partition coefficient (Wildman–Crippen LogP) is 3.98. The lowest BCUT2D eigenvalue weighted by Gasteiger charge is -2.34. The number of carbonyl (C=O) groups is 1. The Bertz CT molecular complexity index is 1230. The van der Waals surface area contributed by atoms with E-state index >= 15 is 0 Å². The molecule has 0 N–H and O–H groups in total. The molecule has 1 aromatic carbocycles. The molecular weight excluding hydrogens is 416 g/mol. The minimum Gasteiger partial charge on any atom is -0.497 e. The van der Waals surface area contributed by atoms with Crippen molar-refractivity contribution >= 4 is 12.0 Å². The van der Waals surface area contributed by atoms with Gasteiger partial charge in [-0.25, -0.2) is 0 Å². The first-order valence-corrected chi connectivity index (χ1v) is 11.3. The molecule has 0 saturated carbocycles. The monoisotopic (exact) mass is 444 g/mol. The molecule has 3 aromatic rings. The number of aromatic nitrogens is 3. The third kappa shape index (κ3) is 4.35. The minimum absolute atomic E-state index is 0.0355. The van der Waals surface area contributed by atoms with E-state index in [-0.39, 0.29) is 18.4 Å². The van der Waals surface area contributed by atoms with Crippen molar-refractivity contribution in [1.29, 1.82) is 0 Å². The van der Waals surface area contributed by atoms with Crippen LogP contribution in [0.3, 0.4) is 0 Å². The zero-order chi connectivity index (χ0) is 22.9. The van der Waals surface area contributed by atoms with Crippen LogP contribution >= 0.6 is 0 Å². The maximum Gasteiger partial charge on any atom is 0.253 e. The summed E-state index contributed by atoms with van der Waals surface area (Å²) in [6.45, 7) is 3.71. The van der Waals surface area contributed by atoms with Crippen LogP contribution in [0.1, 0.15) is 35.7 Å². The third-order valence-corrected chi connectivity index (χ3v) is 6.34. The van der Waals surface area contributed by atoms with Crippen molar-refractivity contribution in [2.24, 2.45) is 7.05 Å². The second-order valence-corrected chi connectivity index (χ2v) is 8.78. The fourth-order valence-corrected chi connectivity index (χ4v) is 4.65. The summed E-state index contributed by atoms with van der Waals surface area (Å²) in [5.41, 5.74) is 5.75. The van der Waals surface area contributed by atoms with Crippen LogP contribution in [0.2, 0.25) is 0 Å². The predicted molar refractivity (Wildman–Crippen MR) is 126 cm³/mol. The SMILES string of the molecule is COc1ccc2c(c1)C=C(C(=O)N1CCC[C@H](c3cc(-c4cnn(C)c4)cc(C)n3)C1)CO2. The molecule has 7 nitrogen and oxygen atoms in total. The molecular formula is C26H28N4O3. The maximum atomic E-state index is 13.4. The molecule has 0 spiro atoms. The van der Waals surface area contributed by atoms with Gasteiger partial charge in [-0.15, -0.1) is 0 Å². The summed E-state index contributed by atoms with van der Waals surface area (Å²) in [6.07, 6.45) is 7.78. The smallest absolute Gasteiger partial charge is 0.253 e. The Morgan fingerprint density at radius 1 is 1.21 bits per heavy atom. The normalized spacial score (nSPS) is 17.7. The maximum absolute atomic E-state index is 13.4. The summed E-state index contributed by atoms with van der Waals surface area (Å²) < 4.78 is 13.0. The Morgan fingerprint density at radius 3 is 2.88 bits per heavy atom. The highest BCUT2D eigenvalue weighted by molar-refractivity contribution is 5.99. The van der Waals surface area contributed by atoms with Gasteiger partial charge in [0.1, 0.15) is 18.1 Å². The number of pyridine rings is 1. The third-order valence-electron chi connectivity index (χ3n) is 6.34. The number of aryl methyl sites for hydroxylation is 2. The van der Waals surface area contributed by atoms with Crippen LogP contribution in [0.25, 0.3) is 17.2 Å².